The van der Waals surface area contributed by atoms with Gasteiger partial charge in [0.1, 0.15) is 11.6 Å². The van der Waals surface area contributed by atoms with Crippen molar-refractivity contribution in [3.63, 3.8) is 0 Å². The first kappa shape index (κ1) is 16.3. The van der Waals surface area contributed by atoms with E-state index in [0.29, 0.717) is 4.90 Å². The first-order valence-electron chi connectivity index (χ1n) is 7.48. The monoisotopic (exact) mass is 313 g/mol. The third-order valence-electron chi connectivity index (χ3n) is 3.77. The molecule has 1 saturated carbocycles. The van der Waals surface area contributed by atoms with Gasteiger partial charge in [-0.05, 0) is 31.9 Å². The van der Waals surface area contributed by atoms with Crippen LogP contribution in [-0.4, -0.2) is 17.2 Å². The fourth-order valence-electron chi connectivity index (χ4n) is 2.56. The summed E-state index contributed by atoms with van der Waals surface area (Å²) in [5.74, 6) is -1.29. The van der Waals surface area contributed by atoms with Crippen molar-refractivity contribution in [2.24, 2.45) is 0 Å². The summed E-state index contributed by atoms with van der Waals surface area (Å²) in [6.45, 7) is 1.75. The van der Waals surface area contributed by atoms with Crippen molar-refractivity contribution >= 4 is 17.7 Å². The summed E-state index contributed by atoms with van der Waals surface area (Å²) >= 11 is 1.13. The number of nitrogens with one attached hydrogen (secondary N) is 1. The average Bonchev–Trinajstić information content (AvgIpc) is 2.70. The minimum atomic E-state index is -0.617. The van der Waals surface area contributed by atoms with Gasteiger partial charge in [-0.3, -0.25) is 4.79 Å². The Kier molecular flexibility index (Phi) is 6.03. The minimum Gasteiger partial charge on any atom is -0.352 e. The van der Waals surface area contributed by atoms with Gasteiger partial charge in [-0.15, -0.1) is 11.8 Å². The average molecular weight is 313 g/mol. The fraction of sp³-hybridized carbons (Fsp3) is 0.562. The molecule has 0 radical (unpaired) electrons. The van der Waals surface area contributed by atoms with Gasteiger partial charge >= 0.3 is 0 Å². The Morgan fingerprint density at radius 1 is 1.24 bits per heavy atom. The number of hydrogen-bond acceptors (Lipinski definition) is 2. The highest BCUT2D eigenvalue weighted by Crippen LogP contribution is 2.27. The molecular formula is C16H21F2NOS. The highest BCUT2D eigenvalue weighted by molar-refractivity contribution is 8.00. The Hall–Kier alpha value is -1.10. The molecule has 116 valence electrons. The molecule has 1 N–H and O–H groups in total. The molecule has 0 spiro atoms. The van der Waals surface area contributed by atoms with Crippen molar-refractivity contribution in [2.75, 3.05) is 0 Å². The summed E-state index contributed by atoms with van der Waals surface area (Å²) in [5, 5.41) is 2.66. The Labute approximate surface area is 128 Å². The molecule has 5 heteroatoms. The lowest BCUT2D eigenvalue weighted by atomic mass is 10.1. The quantitative estimate of drug-likeness (QED) is 0.664. The van der Waals surface area contributed by atoms with E-state index in [2.05, 4.69) is 5.32 Å². The van der Waals surface area contributed by atoms with E-state index in [-0.39, 0.29) is 11.9 Å². The number of rotatable bonds is 4. The van der Waals surface area contributed by atoms with Gasteiger partial charge in [0.15, 0.2) is 0 Å². The van der Waals surface area contributed by atoms with Crippen LogP contribution in [-0.2, 0) is 4.79 Å². The molecule has 1 aliphatic carbocycles. The third-order valence-corrected chi connectivity index (χ3v) is 4.92. The maximum absolute atomic E-state index is 13.6. The smallest absolute Gasteiger partial charge is 0.233 e. The predicted molar refractivity (Wildman–Crippen MR) is 81.3 cm³/mol. The lowest BCUT2D eigenvalue weighted by molar-refractivity contribution is -0.121. The van der Waals surface area contributed by atoms with Crippen molar-refractivity contribution in [3.8, 4) is 0 Å². The second-order valence-electron chi connectivity index (χ2n) is 5.53. The number of thioether (sulfide) groups is 1. The summed E-state index contributed by atoms with van der Waals surface area (Å²) in [6.07, 6.45) is 6.81. The van der Waals surface area contributed by atoms with E-state index < -0.39 is 16.9 Å². The van der Waals surface area contributed by atoms with E-state index in [9.17, 15) is 13.6 Å². The van der Waals surface area contributed by atoms with E-state index in [4.69, 9.17) is 0 Å². The van der Waals surface area contributed by atoms with E-state index in [1.54, 1.807) is 6.92 Å². The molecular weight excluding hydrogens is 292 g/mol. The molecule has 0 unspecified atom stereocenters. The van der Waals surface area contributed by atoms with Crippen molar-refractivity contribution < 1.29 is 13.6 Å². The van der Waals surface area contributed by atoms with E-state index in [0.717, 1.165) is 43.5 Å². The van der Waals surface area contributed by atoms with E-state index >= 15 is 0 Å². The molecule has 2 nitrogen and oxygen atoms in total. The van der Waals surface area contributed by atoms with Crippen LogP contribution in [0.3, 0.4) is 0 Å². The van der Waals surface area contributed by atoms with Gasteiger partial charge < -0.3 is 5.32 Å². The second-order valence-corrected chi connectivity index (χ2v) is 6.91. The molecule has 1 aromatic rings. The van der Waals surface area contributed by atoms with Crippen molar-refractivity contribution in [3.05, 3.63) is 29.8 Å². The zero-order valence-electron chi connectivity index (χ0n) is 12.2. The summed E-state index contributed by atoms with van der Waals surface area (Å²) < 4.78 is 26.5. The topological polar surface area (TPSA) is 29.1 Å². The highest BCUT2D eigenvalue weighted by atomic mass is 32.2. The zero-order chi connectivity index (χ0) is 15.2. The molecule has 0 aromatic heterocycles. The van der Waals surface area contributed by atoms with Crippen molar-refractivity contribution in [1.82, 2.24) is 5.32 Å². The van der Waals surface area contributed by atoms with E-state index in [1.807, 2.05) is 0 Å². The highest BCUT2D eigenvalue weighted by Gasteiger charge is 2.20. The number of benzene rings is 1. The third kappa shape index (κ3) is 4.99. The van der Waals surface area contributed by atoms with Gasteiger partial charge in [0.2, 0.25) is 5.91 Å². The molecule has 0 aliphatic heterocycles. The molecule has 2 rings (SSSR count). The van der Waals surface area contributed by atoms with Gasteiger partial charge in [-0.25, -0.2) is 8.78 Å². The van der Waals surface area contributed by atoms with Crippen LogP contribution in [0.5, 0.6) is 0 Å². The molecule has 1 amide bonds. The van der Waals surface area contributed by atoms with Gasteiger partial charge in [0.25, 0.3) is 0 Å². The molecule has 1 aromatic carbocycles. The Morgan fingerprint density at radius 2 is 1.90 bits per heavy atom. The number of halogens is 2. The second kappa shape index (κ2) is 7.78. The van der Waals surface area contributed by atoms with Crippen LogP contribution in [0.1, 0.15) is 45.4 Å². The van der Waals surface area contributed by atoms with Crippen LogP contribution in [0, 0.1) is 11.6 Å². The number of hydrogen-bond donors (Lipinski definition) is 1. The van der Waals surface area contributed by atoms with Crippen molar-refractivity contribution in [2.45, 2.75) is 61.6 Å². The summed E-state index contributed by atoms with van der Waals surface area (Å²) in [7, 11) is 0. The van der Waals surface area contributed by atoms with Gasteiger partial charge in [0, 0.05) is 17.0 Å². The molecule has 1 atom stereocenters. The Balaban J connectivity index is 1.89. The fourth-order valence-corrected chi connectivity index (χ4v) is 3.43. The molecule has 1 fully saturated rings. The number of carbonyl (C=O) groups is 1. The van der Waals surface area contributed by atoms with Crippen LogP contribution < -0.4 is 5.32 Å². The van der Waals surface area contributed by atoms with Crippen LogP contribution >= 0.6 is 11.8 Å². The van der Waals surface area contributed by atoms with E-state index in [1.165, 1.54) is 25.0 Å². The van der Waals surface area contributed by atoms with Crippen LogP contribution in [0.2, 0.25) is 0 Å². The first-order chi connectivity index (χ1) is 10.1. The maximum atomic E-state index is 13.6. The molecule has 0 bridgehead atoms. The van der Waals surface area contributed by atoms with Gasteiger partial charge in [-0.1, -0.05) is 25.7 Å². The predicted octanol–water partition coefficient (Wildman–Crippen LogP) is 4.28. The van der Waals surface area contributed by atoms with Gasteiger partial charge in [-0.2, -0.15) is 0 Å². The SMILES string of the molecule is C[C@@H](Sc1ccc(F)cc1F)C(=O)NC1CCCCCC1. The largest absolute Gasteiger partial charge is 0.352 e. The lowest BCUT2D eigenvalue weighted by Gasteiger charge is -2.19. The molecule has 1 aliphatic rings. The lowest BCUT2D eigenvalue weighted by Crippen LogP contribution is -2.39. The summed E-state index contributed by atoms with van der Waals surface area (Å²) in [4.78, 5) is 12.5. The van der Waals surface area contributed by atoms with Gasteiger partial charge in [0.05, 0.1) is 5.25 Å². The zero-order valence-corrected chi connectivity index (χ0v) is 13.0. The Bertz CT molecular complexity index is 487. The first-order valence-corrected chi connectivity index (χ1v) is 8.36. The number of carbonyl (C=O) groups excluding carboxylic acids is 1. The molecule has 0 saturated heterocycles. The van der Waals surface area contributed by atoms with Crippen molar-refractivity contribution in [1.29, 1.82) is 0 Å². The van der Waals surface area contributed by atoms with Crippen LogP contribution in [0.25, 0.3) is 0 Å². The maximum Gasteiger partial charge on any atom is 0.233 e. The Morgan fingerprint density at radius 3 is 2.52 bits per heavy atom. The minimum absolute atomic E-state index is 0.0735. The number of amides is 1. The summed E-state index contributed by atoms with van der Waals surface area (Å²) in [6, 6.07) is 3.67. The van der Waals surface area contributed by atoms with Crippen LogP contribution in [0.15, 0.2) is 23.1 Å². The normalized spacial score (nSPS) is 18.0. The summed E-state index contributed by atoms with van der Waals surface area (Å²) in [5.41, 5.74) is 0. The standard InChI is InChI=1S/C16H21F2NOS/c1-11(21-15-9-8-12(17)10-14(15)18)16(20)19-13-6-4-2-3-5-7-13/h8-11,13H,2-7H2,1H3,(H,19,20)/t11-/m1/s1. The molecule has 21 heavy (non-hydrogen) atoms. The van der Waals surface area contributed by atoms with Crippen LogP contribution in [0.4, 0.5) is 8.78 Å². The molecule has 0 heterocycles.